The molecular formula is C31H35FN2O5S. The molecule has 1 saturated carbocycles. The molecule has 3 atom stereocenters. The number of aromatic nitrogens is 1. The van der Waals surface area contributed by atoms with E-state index >= 15 is 4.39 Å². The van der Waals surface area contributed by atoms with Crippen molar-refractivity contribution >= 4 is 21.5 Å². The predicted octanol–water partition coefficient (Wildman–Crippen LogP) is 5.65. The minimum Gasteiger partial charge on any atom is -0.494 e. The molecule has 2 aromatic carbocycles. The van der Waals surface area contributed by atoms with Gasteiger partial charge in [-0.1, -0.05) is 6.07 Å². The van der Waals surface area contributed by atoms with E-state index in [-0.39, 0.29) is 29.3 Å². The Bertz CT molecular complexity index is 1520. The van der Waals surface area contributed by atoms with Crippen LogP contribution in [0.4, 0.5) is 10.1 Å². The van der Waals surface area contributed by atoms with Gasteiger partial charge in [0.15, 0.2) is 0 Å². The van der Waals surface area contributed by atoms with Crippen molar-refractivity contribution in [3.05, 3.63) is 76.4 Å². The summed E-state index contributed by atoms with van der Waals surface area (Å²) in [7, 11) is -3.01. The van der Waals surface area contributed by atoms with Crippen LogP contribution in [-0.2, 0) is 21.1 Å². The molecule has 0 aliphatic heterocycles. The van der Waals surface area contributed by atoms with Gasteiger partial charge >= 0.3 is 5.97 Å². The Balaban J connectivity index is 1.28. The lowest BCUT2D eigenvalue weighted by Crippen LogP contribution is -2.12. The first-order valence-electron chi connectivity index (χ1n) is 13.7. The quantitative estimate of drug-likeness (QED) is 0.289. The van der Waals surface area contributed by atoms with Gasteiger partial charge in [0, 0.05) is 30.3 Å². The molecular weight excluding hydrogens is 531 g/mol. The monoisotopic (exact) mass is 566 g/mol. The van der Waals surface area contributed by atoms with Crippen LogP contribution in [0.2, 0.25) is 0 Å². The minimum atomic E-state index is -3.01. The Morgan fingerprint density at radius 1 is 1.18 bits per heavy atom. The van der Waals surface area contributed by atoms with E-state index in [2.05, 4.69) is 10.3 Å². The molecule has 1 heterocycles. The van der Waals surface area contributed by atoms with Gasteiger partial charge in [-0.15, -0.1) is 0 Å². The molecule has 5 rings (SSSR count). The molecule has 3 aromatic rings. The number of fused-ring (bicyclic) bond motifs is 1. The van der Waals surface area contributed by atoms with Crippen molar-refractivity contribution < 1.29 is 27.4 Å². The number of aliphatic carboxylic acids is 1. The number of sulfone groups is 1. The lowest BCUT2D eigenvalue weighted by molar-refractivity contribution is -0.138. The molecule has 212 valence electrons. The fourth-order valence-corrected chi connectivity index (χ4v) is 6.60. The van der Waals surface area contributed by atoms with Crippen LogP contribution in [0.25, 0.3) is 11.1 Å². The zero-order chi connectivity index (χ0) is 28.6. The fraction of sp³-hybridized carbons (Fsp3) is 0.419. The smallest absolute Gasteiger partial charge is 0.307 e. The van der Waals surface area contributed by atoms with Crippen LogP contribution in [0, 0.1) is 25.6 Å². The van der Waals surface area contributed by atoms with Crippen molar-refractivity contribution in [2.45, 2.75) is 51.4 Å². The molecule has 0 bridgehead atoms. The second-order valence-electron chi connectivity index (χ2n) is 11.1. The summed E-state index contributed by atoms with van der Waals surface area (Å²) in [6, 6.07) is 11.2. The second-order valence-corrected chi connectivity index (χ2v) is 13.4. The number of ether oxygens (including phenoxy) is 1. The summed E-state index contributed by atoms with van der Waals surface area (Å²) >= 11 is 0. The number of aryl methyl sites for hydroxylation is 2. The standard InChI is InChI=1S/C31H35FN2O5S/c1-18-13-22(39-11-4-12-40(3,37)38)14-19(2)29(18)23-8-9-27(32)30-20(5-7-24(23)30)16-33-21-6-10-28(34-17-21)25-15-26(25)31(35)36/h6,8-10,13-14,17,20,25-26,33H,4-5,7,11-12,15-16H2,1-3H3,(H,35,36)/t20?,25-,26-/m0/s1. The molecule has 0 saturated heterocycles. The maximum absolute atomic E-state index is 15.2. The van der Waals surface area contributed by atoms with Crippen molar-refractivity contribution in [3.8, 4) is 16.9 Å². The highest BCUT2D eigenvalue weighted by molar-refractivity contribution is 7.90. The van der Waals surface area contributed by atoms with Crippen LogP contribution < -0.4 is 10.1 Å². The third kappa shape index (κ3) is 6.14. The van der Waals surface area contributed by atoms with Crippen molar-refractivity contribution in [3.63, 3.8) is 0 Å². The van der Waals surface area contributed by atoms with Crippen molar-refractivity contribution in [2.24, 2.45) is 5.92 Å². The van der Waals surface area contributed by atoms with Gasteiger partial charge in [-0.2, -0.15) is 0 Å². The maximum Gasteiger partial charge on any atom is 0.307 e. The maximum atomic E-state index is 15.2. The first kappa shape index (κ1) is 28.1. The lowest BCUT2D eigenvalue weighted by atomic mass is 9.89. The van der Waals surface area contributed by atoms with Gasteiger partial charge in [0.2, 0.25) is 0 Å². The number of hydrogen-bond acceptors (Lipinski definition) is 6. The van der Waals surface area contributed by atoms with E-state index in [0.29, 0.717) is 31.7 Å². The summed E-state index contributed by atoms with van der Waals surface area (Å²) in [6.07, 6.45) is 5.64. The minimum absolute atomic E-state index is 0.00630. The van der Waals surface area contributed by atoms with Gasteiger partial charge in [0.05, 0.1) is 30.2 Å². The Labute approximate surface area is 234 Å². The lowest BCUT2D eigenvalue weighted by Gasteiger charge is -2.19. The molecule has 2 aliphatic carbocycles. The Kier molecular flexibility index (Phi) is 7.86. The summed E-state index contributed by atoms with van der Waals surface area (Å²) in [4.78, 5) is 15.6. The normalized spacial score (nSPS) is 19.8. The number of nitrogens with zero attached hydrogens (tertiary/aromatic N) is 1. The van der Waals surface area contributed by atoms with Crippen LogP contribution in [0.3, 0.4) is 0 Å². The summed E-state index contributed by atoms with van der Waals surface area (Å²) in [5.41, 5.74) is 7.62. The van der Waals surface area contributed by atoms with Crippen LogP contribution in [0.1, 0.15) is 59.0 Å². The molecule has 9 heteroatoms. The van der Waals surface area contributed by atoms with Crippen LogP contribution in [0.5, 0.6) is 5.75 Å². The molecule has 0 spiro atoms. The van der Waals surface area contributed by atoms with Gasteiger partial charge in [0.1, 0.15) is 21.4 Å². The number of pyridine rings is 1. The van der Waals surface area contributed by atoms with Crippen LogP contribution in [-0.4, -0.2) is 49.6 Å². The van der Waals surface area contributed by atoms with Crippen molar-refractivity contribution in [2.75, 3.05) is 30.5 Å². The number of hydrogen-bond donors (Lipinski definition) is 2. The topological polar surface area (TPSA) is 106 Å². The van der Waals surface area contributed by atoms with Crippen LogP contribution >= 0.6 is 0 Å². The molecule has 1 unspecified atom stereocenters. The van der Waals surface area contributed by atoms with E-state index in [1.54, 1.807) is 12.3 Å². The third-order valence-electron chi connectivity index (χ3n) is 7.99. The average molecular weight is 567 g/mol. The summed E-state index contributed by atoms with van der Waals surface area (Å²) in [5, 5.41) is 12.5. The Morgan fingerprint density at radius 3 is 2.55 bits per heavy atom. The van der Waals surface area contributed by atoms with Gasteiger partial charge < -0.3 is 15.2 Å². The number of rotatable bonds is 11. The molecule has 1 aromatic heterocycles. The highest BCUT2D eigenvalue weighted by atomic mass is 32.2. The summed E-state index contributed by atoms with van der Waals surface area (Å²) in [5.74, 6) is -0.482. The predicted molar refractivity (Wildman–Crippen MR) is 153 cm³/mol. The van der Waals surface area contributed by atoms with Gasteiger partial charge in [-0.05, 0) is 103 Å². The Hall–Kier alpha value is -3.46. The molecule has 2 N–H and O–H groups in total. The van der Waals surface area contributed by atoms with E-state index < -0.39 is 15.8 Å². The molecule has 0 amide bonds. The van der Waals surface area contributed by atoms with Crippen molar-refractivity contribution in [1.82, 2.24) is 4.98 Å². The molecule has 2 aliphatic rings. The third-order valence-corrected chi connectivity index (χ3v) is 9.02. The van der Waals surface area contributed by atoms with Crippen LogP contribution in [0.15, 0.2) is 42.6 Å². The number of carboxylic acid groups (broad SMARTS) is 1. The first-order chi connectivity index (χ1) is 19.0. The zero-order valence-corrected chi connectivity index (χ0v) is 23.9. The number of benzene rings is 2. The van der Waals surface area contributed by atoms with Crippen molar-refractivity contribution in [1.29, 1.82) is 0 Å². The fourth-order valence-electron chi connectivity index (χ4n) is 5.96. The molecule has 1 fully saturated rings. The molecule has 7 nitrogen and oxygen atoms in total. The SMILES string of the molecule is Cc1cc(OCCCS(C)(=O)=O)cc(C)c1-c1ccc(F)c2c1CCC2CNc1ccc([C@H]2C[C@@H]2C(=O)O)nc1. The number of carbonyl (C=O) groups is 1. The first-order valence-corrected chi connectivity index (χ1v) is 15.7. The van der Waals surface area contributed by atoms with Gasteiger partial charge in [-0.25, -0.2) is 12.8 Å². The highest BCUT2D eigenvalue weighted by Gasteiger charge is 2.45. The van der Waals surface area contributed by atoms with E-state index in [1.165, 1.54) is 6.26 Å². The number of halogens is 1. The number of carboxylic acids is 1. The second kappa shape index (κ2) is 11.2. The molecule has 0 radical (unpaired) electrons. The van der Waals surface area contributed by atoms with Gasteiger partial charge in [0.25, 0.3) is 0 Å². The van der Waals surface area contributed by atoms with Gasteiger partial charge in [-0.3, -0.25) is 9.78 Å². The average Bonchev–Trinajstić information content (AvgIpc) is 3.58. The number of anilines is 1. The largest absolute Gasteiger partial charge is 0.494 e. The molecule has 40 heavy (non-hydrogen) atoms. The van der Waals surface area contributed by atoms with E-state index in [4.69, 9.17) is 9.84 Å². The highest BCUT2D eigenvalue weighted by Crippen LogP contribution is 2.47. The zero-order valence-electron chi connectivity index (χ0n) is 23.0. The number of nitrogens with one attached hydrogen (secondary N) is 1. The summed E-state index contributed by atoms with van der Waals surface area (Å²) in [6.45, 7) is 4.94. The Morgan fingerprint density at radius 2 is 1.93 bits per heavy atom. The summed E-state index contributed by atoms with van der Waals surface area (Å²) < 4.78 is 43.7. The van der Waals surface area contributed by atoms with E-state index in [0.717, 1.165) is 57.6 Å². The van der Waals surface area contributed by atoms with E-state index in [1.807, 2.05) is 44.2 Å². The van der Waals surface area contributed by atoms with E-state index in [9.17, 15) is 13.2 Å².